The van der Waals surface area contributed by atoms with E-state index in [1.54, 1.807) is 0 Å². The summed E-state index contributed by atoms with van der Waals surface area (Å²) in [5.74, 6) is -2.53. The van der Waals surface area contributed by atoms with Crippen molar-refractivity contribution in [2.24, 2.45) is 4.99 Å². The van der Waals surface area contributed by atoms with E-state index in [4.69, 9.17) is 19.8 Å². The number of benzene rings is 1. The topological polar surface area (TPSA) is 112 Å². The van der Waals surface area contributed by atoms with Gasteiger partial charge in [-0.25, -0.2) is 13.6 Å². The first kappa shape index (κ1) is 17.9. The molecule has 24 heavy (non-hydrogen) atoms. The predicted octanol–water partition coefficient (Wildman–Crippen LogP) is 0.619. The van der Waals surface area contributed by atoms with Gasteiger partial charge in [0.15, 0.2) is 0 Å². The third kappa shape index (κ3) is 3.89. The molecule has 0 aliphatic carbocycles. The lowest BCUT2D eigenvalue weighted by Gasteiger charge is -2.22. The van der Waals surface area contributed by atoms with Crippen LogP contribution >= 0.6 is 0 Å². The first-order chi connectivity index (χ1) is 11.5. The lowest BCUT2D eigenvalue weighted by Crippen LogP contribution is -2.47. The third-order valence-corrected chi connectivity index (χ3v) is 3.46. The van der Waals surface area contributed by atoms with Crippen molar-refractivity contribution in [2.45, 2.75) is 12.0 Å². The minimum absolute atomic E-state index is 0.0139. The minimum Gasteiger partial charge on any atom is -0.497 e. The van der Waals surface area contributed by atoms with Gasteiger partial charge in [-0.05, 0) is 0 Å². The van der Waals surface area contributed by atoms with E-state index >= 15 is 0 Å². The number of hydrogen-bond donors (Lipinski definition) is 4. The Hall–Kier alpha value is -2.46. The Morgan fingerprint density at radius 2 is 2.08 bits per heavy atom. The Balaban J connectivity index is 2.28. The van der Waals surface area contributed by atoms with Gasteiger partial charge in [0.25, 0.3) is 0 Å². The second-order valence-electron chi connectivity index (χ2n) is 4.94. The quantitative estimate of drug-likeness (QED) is 0.444. The second kappa shape index (κ2) is 7.88. The molecule has 1 aliphatic heterocycles. The maximum absolute atomic E-state index is 14.3. The Bertz CT molecular complexity index is 618. The maximum atomic E-state index is 14.3. The number of amides is 1. The number of aliphatic hydroxyl groups excluding tert-OH is 1. The lowest BCUT2D eigenvalue weighted by molar-refractivity contribution is 0.0515. The zero-order valence-corrected chi connectivity index (χ0v) is 12.8. The summed E-state index contributed by atoms with van der Waals surface area (Å²) in [5.41, 5.74) is 2.10. The Labute approximate surface area is 136 Å². The van der Waals surface area contributed by atoms with Gasteiger partial charge in [-0.2, -0.15) is 0 Å². The second-order valence-corrected chi connectivity index (χ2v) is 4.94. The van der Waals surface area contributed by atoms with Gasteiger partial charge >= 0.3 is 6.09 Å². The number of aliphatic imine (C=N–C) groups is 1. The zero-order chi connectivity index (χ0) is 17.7. The van der Waals surface area contributed by atoms with Crippen LogP contribution in [0, 0.1) is 11.6 Å². The molecule has 1 heterocycles. The molecule has 2 rings (SSSR count). The summed E-state index contributed by atoms with van der Waals surface area (Å²) in [7, 11) is 1.28. The van der Waals surface area contributed by atoms with Crippen LogP contribution in [0.4, 0.5) is 13.6 Å². The van der Waals surface area contributed by atoms with Gasteiger partial charge in [0.1, 0.15) is 29.3 Å². The molecule has 0 saturated carbocycles. The van der Waals surface area contributed by atoms with Crippen LogP contribution < -0.4 is 15.5 Å². The van der Waals surface area contributed by atoms with Crippen molar-refractivity contribution in [3.63, 3.8) is 0 Å². The number of hydrogen-bond acceptors (Lipinski definition) is 6. The van der Waals surface area contributed by atoms with E-state index in [2.05, 4.69) is 15.8 Å². The van der Waals surface area contributed by atoms with E-state index in [0.717, 1.165) is 12.1 Å². The first-order valence-electron chi connectivity index (χ1n) is 7.03. The first-order valence-corrected chi connectivity index (χ1v) is 7.03. The van der Waals surface area contributed by atoms with E-state index in [0.29, 0.717) is 0 Å². The van der Waals surface area contributed by atoms with Gasteiger partial charge < -0.3 is 20.3 Å². The van der Waals surface area contributed by atoms with Crippen molar-refractivity contribution in [3.05, 3.63) is 29.3 Å². The number of carbonyl (C=O) groups is 1. The fraction of sp³-hybridized carbons (Fsp3) is 0.429. The highest BCUT2D eigenvalue weighted by molar-refractivity contribution is 5.92. The summed E-state index contributed by atoms with van der Waals surface area (Å²) >= 11 is 0. The van der Waals surface area contributed by atoms with Crippen LogP contribution in [0.2, 0.25) is 0 Å². The molecule has 2 atom stereocenters. The summed E-state index contributed by atoms with van der Waals surface area (Å²) in [5, 5.41) is 19.8. The molecule has 1 amide bonds. The largest absolute Gasteiger partial charge is 0.497 e. The molecule has 0 aromatic heterocycles. The van der Waals surface area contributed by atoms with Gasteiger partial charge in [0, 0.05) is 23.6 Å². The Morgan fingerprint density at radius 3 is 2.62 bits per heavy atom. The molecule has 1 aliphatic rings. The number of halogens is 2. The molecule has 0 fully saturated rings. The van der Waals surface area contributed by atoms with Gasteiger partial charge in [-0.15, -0.1) is 0 Å². The lowest BCUT2D eigenvalue weighted by atomic mass is 9.92. The van der Waals surface area contributed by atoms with Crippen LogP contribution in [0.5, 0.6) is 5.75 Å². The van der Waals surface area contributed by atoms with Gasteiger partial charge in [-0.1, -0.05) is 0 Å². The molecule has 0 radical (unpaired) electrons. The van der Waals surface area contributed by atoms with Crippen LogP contribution in [0.3, 0.4) is 0 Å². The smallest absolute Gasteiger partial charge is 0.405 e. The van der Waals surface area contributed by atoms with Crippen LogP contribution in [0.25, 0.3) is 0 Å². The van der Waals surface area contributed by atoms with E-state index in [1.165, 1.54) is 7.11 Å². The number of nitrogens with one attached hydrogen (secondary N) is 2. The fourth-order valence-corrected chi connectivity index (χ4v) is 2.45. The molecule has 132 valence electrons. The number of rotatable bonds is 6. The van der Waals surface area contributed by atoms with E-state index in [1.807, 2.05) is 0 Å². The average Bonchev–Trinajstić information content (AvgIpc) is 2.89. The summed E-state index contributed by atoms with van der Waals surface area (Å²) in [6.07, 6.45) is -1.38. The van der Waals surface area contributed by atoms with Crippen LogP contribution in [0.15, 0.2) is 17.1 Å². The Morgan fingerprint density at radius 1 is 1.42 bits per heavy atom. The zero-order valence-electron chi connectivity index (χ0n) is 12.8. The van der Waals surface area contributed by atoms with Crippen molar-refractivity contribution in [1.82, 2.24) is 10.8 Å². The van der Waals surface area contributed by atoms with Crippen LogP contribution in [-0.4, -0.2) is 55.1 Å². The maximum Gasteiger partial charge on any atom is 0.405 e. The molecule has 0 bridgehead atoms. The number of hydroxylamine groups is 1. The number of amidine groups is 1. The molecule has 4 N–H and O–H groups in total. The standard InChI is InChI=1S/C14H17F2N3O5/c1-23-7-4-9(15)11(10(16)5-7)8-6-17-13(19-24-3-2-20)12(8)18-14(21)22/h4-5,8,12,18,20H,2-3,6H2,1H3,(H,17,19)(H,21,22). The summed E-state index contributed by atoms with van der Waals surface area (Å²) in [4.78, 5) is 19.9. The number of carboxylic acid groups (broad SMARTS) is 1. The summed E-state index contributed by atoms with van der Waals surface area (Å²) in [6, 6.07) is 1.01. The van der Waals surface area contributed by atoms with E-state index < -0.39 is 29.7 Å². The van der Waals surface area contributed by atoms with E-state index in [-0.39, 0.29) is 36.9 Å². The molecule has 10 heteroatoms. The van der Waals surface area contributed by atoms with Crippen LogP contribution in [0.1, 0.15) is 11.5 Å². The van der Waals surface area contributed by atoms with Crippen molar-refractivity contribution in [2.75, 3.05) is 26.9 Å². The van der Waals surface area contributed by atoms with Crippen LogP contribution in [-0.2, 0) is 4.84 Å². The predicted molar refractivity (Wildman–Crippen MR) is 79.1 cm³/mol. The van der Waals surface area contributed by atoms with Crippen molar-refractivity contribution >= 4 is 11.9 Å². The molecular weight excluding hydrogens is 328 g/mol. The molecule has 0 saturated heterocycles. The molecule has 1 aromatic carbocycles. The summed E-state index contributed by atoms with van der Waals surface area (Å²) in [6.45, 7) is -0.368. The van der Waals surface area contributed by atoms with Gasteiger partial charge in [0.05, 0.1) is 26.9 Å². The van der Waals surface area contributed by atoms with Crippen molar-refractivity contribution in [3.8, 4) is 5.75 Å². The average molecular weight is 345 g/mol. The number of ether oxygens (including phenoxy) is 1. The van der Waals surface area contributed by atoms with Gasteiger partial charge in [-0.3, -0.25) is 15.3 Å². The number of aliphatic hydroxyl groups is 1. The number of methoxy groups -OCH3 is 1. The Kier molecular flexibility index (Phi) is 5.88. The molecular formula is C14H17F2N3O5. The summed E-state index contributed by atoms with van der Waals surface area (Å²) < 4.78 is 33.3. The third-order valence-electron chi connectivity index (χ3n) is 3.46. The van der Waals surface area contributed by atoms with E-state index in [9.17, 15) is 13.6 Å². The highest BCUT2D eigenvalue weighted by Gasteiger charge is 2.37. The molecule has 2 unspecified atom stereocenters. The molecule has 0 spiro atoms. The monoisotopic (exact) mass is 345 g/mol. The number of nitrogens with zero attached hydrogens (tertiary/aromatic N) is 1. The van der Waals surface area contributed by atoms with Crippen molar-refractivity contribution < 1.29 is 33.4 Å². The normalized spacial score (nSPS) is 19.8. The fourth-order valence-electron chi connectivity index (χ4n) is 2.45. The SMILES string of the molecule is COc1cc(F)c(C2CN=C(NOCCO)C2NC(=O)O)c(F)c1. The minimum atomic E-state index is -1.38. The van der Waals surface area contributed by atoms with Gasteiger partial charge in [0.2, 0.25) is 0 Å². The molecule has 1 aromatic rings. The van der Waals surface area contributed by atoms with Crippen molar-refractivity contribution in [1.29, 1.82) is 0 Å². The molecule has 8 nitrogen and oxygen atoms in total. The highest BCUT2D eigenvalue weighted by atomic mass is 19.1. The highest BCUT2D eigenvalue weighted by Crippen LogP contribution is 2.32.